The van der Waals surface area contributed by atoms with Crippen LogP contribution in [0.1, 0.15) is 46.0 Å². The summed E-state index contributed by atoms with van der Waals surface area (Å²) in [4.78, 5) is 2.41. The first-order chi connectivity index (χ1) is 14.7. The number of rotatable bonds is 5. The summed E-state index contributed by atoms with van der Waals surface area (Å²) in [5.41, 5.74) is 4.68. The second-order valence-electron chi connectivity index (χ2n) is 8.11. The Morgan fingerprint density at radius 1 is 1.10 bits per heavy atom. The van der Waals surface area contributed by atoms with Crippen molar-refractivity contribution in [2.24, 2.45) is 0 Å². The molecule has 31 heavy (non-hydrogen) atoms. The third kappa shape index (κ3) is 4.80. The Morgan fingerprint density at radius 3 is 2.45 bits per heavy atom. The van der Waals surface area contributed by atoms with Crippen molar-refractivity contribution >= 4 is 43.5 Å². The number of nitrogens with zero attached hydrogens (tertiary/aromatic N) is 2. The summed E-state index contributed by atoms with van der Waals surface area (Å²) in [6.07, 6.45) is 1.41. The van der Waals surface area contributed by atoms with E-state index in [0.29, 0.717) is 31.9 Å². The molecule has 1 fully saturated rings. The molecule has 0 unspecified atom stereocenters. The zero-order valence-corrected chi connectivity index (χ0v) is 21.2. The molecule has 0 bridgehead atoms. The maximum absolute atomic E-state index is 10.6. The van der Waals surface area contributed by atoms with Gasteiger partial charge in [0.25, 0.3) is 0 Å². The van der Waals surface area contributed by atoms with Gasteiger partial charge in [0.2, 0.25) is 0 Å². The van der Waals surface area contributed by atoms with Crippen LogP contribution in [-0.2, 0) is 13.0 Å². The number of aromatic nitrogens is 1. The molecular weight excluding hydrogens is 548 g/mol. The molecule has 3 aromatic rings. The number of aryl methyl sites for hydroxylation is 2. The van der Waals surface area contributed by atoms with E-state index in [9.17, 15) is 10.2 Å². The molecule has 2 N–H and O–H groups in total. The summed E-state index contributed by atoms with van der Waals surface area (Å²) in [6.45, 7) is 6.68. The molecule has 1 saturated heterocycles. The molecule has 0 spiro atoms. The van der Waals surface area contributed by atoms with Crippen molar-refractivity contribution < 1.29 is 14.7 Å². The van der Waals surface area contributed by atoms with Gasteiger partial charge in [-0.05, 0) is 93.9 Å². The Bertz CT molecular complexity index is 1110. The van der Waals surface area contributed by atoms with Crippen molar-refractivity contribution in [3.05, 3.63) is 71.9 Å². The Balaban J connectivity index is 1.56. The summed E-state index contributed by atoms with van der Waals surface area (Å²) in [6, 6.07) is 7.41. The Morgan fingerprint density at radius 2 is 1.77 bits per heavy atom. The van der Waals surface area contributed by atoms with E-state index >= 15 is 0 Å². The van der Waals surface area contributed by atoms with Crippen LogP contribution in [0.5, 0.6) is 11.5 Å². The number of likely N-dealkylation sites (tertiary alicyclic amines) is 1. The first-order valence-corrected chi connectivity index (χ1v) is 12.0. The molecule has 8 heteroatoms. The highest BCUT2D eigenvalue weighted by atomic mass is 79.9. The highest BCUT2D eigenvalue weighted by Crippen LogP contribution is 2.39. The minimum absolute atomic E-state index is 0.136. The minimum Gasteiger partial charge on any atom is -0.506 e. The average Bonchev–Trinajstić information content (AvgIpc) is 3.31. The van der Waals surface area contributed by atoms with Gasteiger partial charge >= 0.3 is 0 Å². The van der Waals surface area contributed by atoms with Crippen LogP contribution in [0.3, 0.4) is 0 Å². The van der Waals surface area contributed by atoms with Gasteiger partial charge in [0.05, 0.1) is 14.6 Å². The SMILES string of the molecule is Cc1noc(C)c1CN1CC[C@@H](c2cc(Br)c(O)c(Cc3cc(Cl)cc(Br)c3O)c2)C1. The molecule has 1 aliphatic heterocycles. The zero-order chi connectivity index (χ0) is 22.3. The lowest BCUT2D eigenvalue weighted by Gasteiger charge is -2.18. The van der Waals surface area contributed by atoms with Crippen LogP contribution < -0.4 is 0 Å². The zero-order valence-electron chi connectivity index (χ0n) is 17.3. The molecular formula is C23H23Br2ClN2O3. The third-order valence-corrected chi connectivity index (χ3v) is 7.39. The van der Waals surface area contributed by atoms with Crippen LogP contribution in [0.15, 0.2) is 37.7 Å². The predicted molar refractivity (Wildman–Crippen MR) is 128 cm³/mol. The average molecular weight is 571 g/mol. The standard InChI is InChI=1S/C23H23Br2ClN2O3/c1-12-19(13(2)31-27-12)11-28-4-3-14(10-28)15-5-16(22(29)20(24)8-15)6-17-7-18(26)9-21(25)23(17)30/h5,7-9,14,29-30H,3-4,6,10-11H2,1-2H3/t14-/m1/s1. The molecule has 1 aliphatic rings. The van der Waals surface area contributed by atoms with Gasteiger partial charge in [0.1, 0.15) is 17.3 Å². The first-order valence-electron chi connectivity index (χ1n) is 10.0. The number of phenols is 2. The molecule has 4 rings (SSSR count). The minimum atomic E-state index is 0.136. The number of benzene rings is 2. The van der Waals surface area contributed by atoms with Crippen molar-refractivity contribution in [3.8, 4) is 11.5 Å². The fraction of sp³-hybridized carbons (Fsp3) is 0.348. The second-order valence-corrected chi connectivity index (χ2v) is 10.3. The van der Waals surface area contributed by atoms with E-state index in [1.165, 1.54) is 5.56 Å². The third-order valence-electron chi connectivity index (χ3n) is 5.96. The normalized spacial score (nSPS) is 16.9. The quantitative estimate of drug-likeness (QED) is 0.369. The fourth-order valence-corrected chi connectivity index (χ4v) is 5.60. The van der Waals surface area contributed by atoms with Gasteiger partial charge in [-0.1, -0.05) is 22.8 Å². The lowest BCUT2D eigenvalue weighted by atomic mass is 9.94. The van der Waals surface area contributed by atoms with E-state index in [4.69, 9.17) is 16.1 Å². The molecule has 5 nitrogen and oxygen atoms in total. The summed E-state index contributed by atoms with van der Waals surface area (Å²) in [5, 5.41) is 25.6. The van der Waals surface area contributed by atoms with Crippen molar-refractivity contribution in [1.29, 1.82) is 0 Å². The molecule has 164 valence electrons. The fourth-order valence-electron chi connectivity index (χ4n) is 4.21. The molecule has 2 heterocycles. The summed E-state index contributed by atoms with van der Waals surface area (Å²) in [7, 11) is 0. The number of hydrogen-bond acceptors (Lipinski definition) is 5. The van der Waals surface area contributed by atoms with Gasteiger partial charge in [-0.3, -0.25) is 4.90 Å². The molecule has 0 aliphatic carbocycles. The molecule has 1 aromatic heterocycles. The lowest BCUT2D eigenvalue weighted by Crippen LogP contribution is -2.20. The van der Waals surface area contributed by atoms with Crippen LogP contribution in [0, 0.1) is 13.8 Å². The number of phenolic OH excluding ortho intramolecular Hbond substituents is 2. The van der Waals surface area contributed by atoms with Crippen LogP contribution in [0.4, 0.5) is 0 Å². The van der Waals surface area contributed by atoms with Gasteiger partial charge in [-0.15, -0.1) is 0 Å². The van der Waals surface area contributed by atoms with Crippen LogP contribution >= 0.6 is 43.5 Å². The molecule has 0 amide bonds. The molecule has 1 atom stereocenters. The van der Waals surface area contributed by atoms with Crippen molar-refractivity contribution in [2.75, 3.05) is 13.1 Å². The Hall–Kier alpha value is -1.54. The lowest BCUT2D eigenvalue weighted by molar-refractivity contribution is 0.322. The van der Waals surface area contributed by atoms with E-state index < -0.39 is 0 Å². The van der Waals surface area contributed by atoms with Crippen molar-refractivity contribution in [3.63, 3.8) is 0 Å². The van der Waals surface area contributed by atoms with E-state index in [1.807, 2.05) is 26.0 Å². The van der Waals surface area contributed by atoms with Gasteiger partial charge < -0.3 is 14.7 Å². The summed E-state index contributed by atoms with van der Waals surface area (Å²) in [5.74, 6) is 1.56. The van der Waals surface area contributed by atoms with E-state index in [1.54, 1.807) is 12.1 Å². The largest absolute Gasteiger partial charge is 0.506 e. The number of hydrogen-bond donors (Lipinski definition) is 2. The van der Waals surface area contributed by atoms with E-state index in [-0.39, 0.29) is 11.5 Å². The van der Waals surface area contributed by atoms with Gasteiger partial charge in [0, 0.05) is 35.7 Å². The predicted octanol–water partition coefficient (Wildman–Crippen LogP) is 6.46. The monoisotopic (exact) mass is 568 g/mol. The van der Waals surface area contributed by atoms with E-state index in [0.717, 1.165) is 48.6 Å². The number of aromatic hydroxyl groups is 2. The van der Waals surface area contributed by atoms with E-state index in [2.05, 4.69) is 41.9 Å². The van der Waals surface area contributed by atoms with Gasteiger partial charge in [-0.2, -0.15) is 0 Å². The summed E-state index contributed by atoms with van der Waals surface area (Å²) < 4.78 is 6.50. The Labute approximate surface area is 203 Å². The smallest absolute Gasteiger partial charge is 0.138 e. The maximum atomic E-state index is 10.6. The van der Waals surface area contributed by atoms with Crippen molar-refractivity contribution in [2.45, 2.75) is 39.2 Å². The number of halogens is 3. The van der Waals surface area contributed by atoms with Crippen LogP contribution in [-0.4, -0.2) is 33.4 Å². The maximum Gasteiger partial charge on any atom is 0.138 e. The van der Waals surface area contributed by atoms with Gasteiger partial charge in [-0.25, -0.2) is 0 Å². The highest BCUT2D eigenvalue weighted by Gasteiger charge is 2.27. The Kier molecular flexibility index (Phi) is 6.68. The molecule has 2 aromatic carbocycles. The topological polar surface area (TPSA) is 69.7 Å². The van der Waals surface area contributed by atoms with Crippen LogP contribution in [0.2, 0.25) is 5.02 Å². The highest BCUT2D eigenvalue weighted by molar-refractivity contribution is 9.10. The molecule has 0 saturated carbocycles. The van der Waals surface area contributed by atoms with Crippen molar-refractivity contribution in [1.82, 2.24) is 10.1 Å². The first kappa shape index (κ1) is 22.6. The van der Waals surface area contributed by atoms with Crippen LogP contribution in [0.25, 0.3) is 0 Å². The second kappa shape index (κ2) is 9.14. The van der Waals surface area contributed by atoms with Gasteiger partial charge in [0.15, 0.2) is 0 Å². The molecule has 0 radical (unpaired) electrons. The summed E-state index contributed by atoms with van der Waals surface area (Å²) >= 11 is 13.0.